The van der Waals surface area contributed by atoms with Crippen molar-refractivity contribution in [3.8, 4) is 0 Å². The molecule has 0 fully saturated rings. The molecule has 25 heavy (non-hydrogen) atoms. The van der Waals surface area contributed by atoms with E-state index in [1.807, 2.05) is 47.5 Å². The van der Waals surface area contributed by atoms with Crippen LogP contribution in [0.4, 0.5) is 0 Å². The van der Waals surface area contributed by atoms with Crippen molar-refractivity contribution in [1.29, 1.82) is 0 Å². The Kier molecular flexibility index (Phi) is 6.29. The molecule has 2 rings (SSSR count). The van der Waals surface area contributed by atoms with Gasteiger partial charge in [0.25, 0.3) is 0 Å². The first kappa shape index (κ1) is 19.9. The van der Waals surface area contributed by atoms with E-state index in [9.17, 15) is 0 Å². The topological polar surface area (TPSA) is 18.5 Å². The molecule has 0 saturated carbocycles. The highest BCUT2D eigenvalue weighted by Crippen LogP contribution is 2.45. The Morgan fingerprint density at radius 3 is 1.64 bits per heavy atom. The lowest BCUT2D eigenvalue weighted by atomic mass is 10.4. The number of hydrogen-bond donors (Lipinski definition) is 0. The molecule has 5 heteroatoms. The molecule has 0 bridgehead atoms. The summed E-state index contributed by atoms with van der Waals surface area (Å²) in [4.78, 5) is 0. The van der Waals surface area contributed by atoms with Gasteiger partial charge in [-0.15, -0.1) is 16.9 Å². The molecular formula is C20H28O2SSi2. The van der Waals surface area contributed by atoms with Crippen molar-refractivity contribution in [3.05, 3.63) is 84.9 Å². The predicted octanol–water partition coefficient (Wildman–Crippen LogP) is 4.33. The van der Waals surface area contributed by atoms with E-state index in [0.29, 0.717) is 0 Å². The molecule has 0 atom stereocenters. The molecule has 0 spiro atoms. The molecule has 134 valence electrons. The van der Waals surface area contributed by atoms with Crippen molar-refractivity contribution >= 4 is 37.6 Å². The van der Waals surface area contributed by atoms with Gasteiger partial charge in [0.1, 0.15) is 0 Å². The van der Waals surface area contributed by atoms with Gasteiger partial charge in [-0.05, 0) is 41.4 Å². The van der Waals surface area contributed by atoms with E-state index in [1.54, 1.807) is 0 Å². The van der Waals surface area contributed by atoms with E-state index in [4.69, 9.17) is 7.99 Å². The monoisotopic (exact) mass is 388 g/mol. The maximum Gasteiger partial charge on any atom is 0.407 e. The minimum absolute atomic E-state index is 1.12. The van der Waals surface area contributed by atoms with Gasteiger partial charge in [-0.2, -0.15) is 0 Å². The van der Waals surface area contributed by atoms with Gasteiger partial charge in [0, 0.05) is 0 Å². The zero-order valence-electron chi connectivity index (χ0n) is 15.6. The smallest absolute Gasteiger partial charge is 0.407 e. The molecule has 0 aliphatic rings. The first-order valence-electron chi connectivity index (χ1n) is 8.26. The summed E-state index contributed by atoms with van der Waals surface area (Å²) >= 11 is 0. The molecule has 0 heterocycles. The van der Waals surface area contributed by atoms with Crippen molar-refractivity contribution in [2.24, 2.45) is 0 Å². The van der Waals surface area contributed by atoms with Gasteiger partial charge in [0.05, 0.1) is 0 Å². The molecule has 0 radical (unpaired) electrons. The Morgan fingerprint density at radius 1 is 0.840 bits per heavy atom. The van der Waals surface area contributed by atoms with Gasteiger partial charge in [-0.3, -0.25) is 0 Å². The first-order chi connectivity index (χ1) is 11.7. The lowest BCUT2D eigenvalue weighted by molar-refractivity contribution is 0.447. The third-order valence-corrected chi connectivity index (χ3v) is 13.8. The van der Waals surface area contributed by atoms with Crippen LogP contribution in [-0.4, -0.2) is 29.4 Å². The Morgan fingerprint density at radius 2 is 1.28 bits per heavy atom. The lowest BCUT2D eigenvalue weighted by Crippen LogP contribution is -2.66. The molecule has 2 aromatic rings. The zero-order chi connectivity index (χ0) is 18.6. The summed E-state index contributed by atoms with van der Waals surface area (Å²) in [5.41, 5.74) is 1.97. The van der Waals surface area contributed by atoms with Crippen LogP contribution in [0.25, 0.3) is 0 Å². The van der Waals surface area contributed by atoms with Crippen molar-refractivity contribution in [2.45, 2.75) is 13.1 Å². The van der Waals surface area contributed by atoms with Crippen LogP contribution in [0.3, 0.4) is 0 Å². The van der Waals surface area contributed by atoms with Gasteiger partial charge in [0.15, 0.2) is 0 Å². The molecule has 0 aromatic heterocycles. The summed E-state index contributed by atoms with van der Waals surface area (Å²) in [6.45, 7) is 12.3. The molecule has 0 N–H and O–H groups in total. The number of benzene rings is 2. The van der Waals surface area contributed by atoms with E-state index < -0.39 is 27.2 Å². The Balaban J connectivity index is 2.73. The lowest BCUT2D eigenvalue weighted by Gasteiger charge is -2.43. The van der Waals surface area contributed by atoms with Gasteiger partial charge in [0.2, 0.25) is 8.32 Å². The van der Waals surface area contributed by atoms with Crippen LogP contribution < -0.4 is 10.4 Å². The summed E-state index contributed by atoms with van der Waals surface area (Å²) in [5.74, 6) is 0. The van der Waals surface area contributed by atoms with Crippen LogP contribution in [0.5, 0.6) is 0 Å². The van der Waals surface area contributed by atoms with E-state index in [-0.39, 0.29) is 0 Å². The number of rotatable bonds is 8. The molecule has 2 aromatic carbocycles. The van der Waals surface area contributed by atoms with Gasteiger partial charge < -0.3 is 7.99 Å². The fourth-order valence-electron chi connectivity index (χ4n) is 2.46. The third-order valence-electron chi connectivity index (χ3n) is 3.94. The highest BCUT2D eigenvalue weighted by atomic mass is 32.3. The molecule has 0 unspecified atom stereocenters. The zero-order valence-corrected chi connectivity index (χ0v) is 18.4. The van der Waals surface area contributed by atoms with Crippen LogP contribution in [-0.2, 0) is 7.99 Å². The van der Waals surface area contributed by atoms with Crippen LogP contribution in [0.1, 0.15) is 0 Å². The predicted molar refractivity (Wildman–Crippen MR) is 117 cm³/mol. The second kappa shape index (κ2) is 7.89. The van der Waals surface area contributed by atoms with Gasteiger partial charge in [-0.1, -0.05) is 72.9 Å². The Labute approximate surface area is 156 Å². The molecule has 0 aliphatic carbocycles. The maximum absolute atomic E-state index is 6.90. The first-order valence-corrected chi connectivity index (χ1v) is 15.5. The van der Waals surface area contributed by atoms with Crippen molar-refractivity contribution in [1.82, 2.24) is 0 Å². The summed E-state index contributed by atoms with van der Waals surface area (Å²) in [6, 6.07) is 20.7. The molecule has 0 aliphatic heterocycles. The average molecular weight is 389 g/mol. The minimum Gasteiger partial charge on any atom is -0.425 e. The summed E-state index contributed by atoms with van der Waals surface area (Å²) in [5, 5.41) is 4.16. The molecule has 2 nitrogen and oxygen atoms in total. The van der Waals surface area contributed by atoms with Crippen LogP contribution >= 0.6 is 10.3 Å². The molecule has 0 saturated heterocycles. The van der Waals surface area contributed by atoms with E-state index in [2.05, 4.69) is 63.0 Å². The van der Waals surface area contributed by atoms with E-state index in [1.165, 1.54) is 0 Å². The van der Waals surface area contributed by atoms with Crippen LogP contribution in [0.15, 0.2) is 84.9 Å². The Hall–Kier alpha value is -1.38. The fourth-order valence-corrected chi connectivity index (χ4v) is 12.2. The van der Waals surface area contributed by atoms with Crippen molar-refractivity contribution < 1.29 is 7.99 Å². The third kappa shape index (κ3) is 4.83. The summed E-state index contributed by atoms with van der Waals surface area (Å²) < 4.78 is 13.7. The minimum atomic E-state index is -2.90. The van der Waals surface area contributed by atoms with Crippen LogP contribution in [0, 0.1) is 0 Å². The Bertz CT molecular complexity index is 651. The quantitative estimate of drug-likeness (QED) is 0.627. The van der Waals surface area contributed by atoms with Crippen LogP contribution in [0.2, 0.25) is 13.1 Å². The van der Waals surface area contributed by atoms with Gasteiger partial charge >= 0.3 is 8.56 Å². The van der Waals surface area contributed by atoms with E-state index in [0.717, 1.165) is 10.4 Å². The maximum atomic E-state index is 6.90. The second-order valence-corrected chi connectivity index (χ2v) is 17.3. The number of hydrogen-bond acceptors (Lipinski definition) is 2. The SMILES string of the molecule is C=C[Si](C)(C)O[Si](OS(C)(C)C=C)(c1ccccc1)c1ccccc1. The van der Waals surface area contributed by atoms with E-state index >= 15 is 0 Å². The largest absolute Gasteiger partial charge is 0.425 e. The van der Waals surface area contributed by atoms with Gasteiger partial charge in [-0.25, -0.2) is 0 Å². The van der Waals surface area contributed by atoms with Crippen molar-refractivity contribution in [3.63, 3.8) is 0 Å². The summed E-state index contributed by atoms with van der Waals surface area (Å²) in [7, 11) is -6.48. The standard InChI is InChI=1S/C20H28O2SSi2/c1-7-23(3,4)21-25(22-24(5,6)8-2,19-15-11-9-12-16-19)20-17-13-10-14-18-20/h7-18H,1-2H2,3-6H3. The second-order valence-electron chi connectivity index (χ2n) is 6.82. The molecule has 0 amide bonds. The molecular weight excluding hydrogens is 360 g/mol. The normalized spacial score (nSPS) is 13.3. The fraction of sp³-hybridized carbons (Fsp3) is 0.200. The highest BCUT2D eigenvalue weighted by Gasteiger charge is 2.48. The highest BCUT2D eigenvalue weighted by molar-refractivity contribution is 8.31. The van der Waals surface area contributed by atoms with Crippen molar-refractivity contribution in [2.75, 3.05) is 12.5 Å². The average Bonchev–Trinajstić information content (AvgIpc) is 2.62. The summed E-state index contributed by atoms with van der Waals surface area (Å²) in [6.07, 6.45) is 4.22.